The summed E-state index contributed by atoms with van der Waals surface area (Å²) >= 11 is 3.46. The molecule has 1 aliphatic rings. The average Bonchev–Trinajstić information content (AvgIpc) is 2.92. The molecule has 1 N–H and O–H groups in total. The molecule has 0 aromatic heterocycles. The topological polar surface area (TPSA) is 29.1 Å². The van der Waals surface area contributed by atoms with Gasteiger partial charge in [0.25, 0.3) is 0 Å². The first-order valence-corrected chi connectivity index (χ1v) is 8.21. The minimum absolute atomic E-state index is 0.00933. The molecule has 1 unspecified atom stereocenters. The monoisotopic (exact) mass is 361 g/mol. The zero-order valence-electron chi connectivity index (χ0n) is 12.1. The molecule has 0 heterocycles. The van der Waals surface area contributed by atoms with Crippen molar-refractivity contribution in [3.8, 4) is 0 Å². The summed E-state index contributed by atoms with van der Waals surface area (Å²) in [5.74, 6) is -0.163. The number of hydrogen-bond acceptors (Lipinski definition) is 1. The first-order chi connectivity index (χ1) is 10.6. The Bertz CT molecular complexity index is 701. The predicted octanol–water partition coefficient (Wildman–Crippen LogP) is 3.66. The van der Waals surface area contributed by atoms with E-state index in [1.165, 1.54) is 17.2 Å². The van der Waals surface area contributed by atoms with Gasteiger partial charge < -0.3 is 5.32 Å². The summed E-state index contributed by atoms with van der Waals surface area (Å²) in [5.41, 5.74) is 3.13. The zero-order valence-corrected chi connectivity index (χ0v) is 13.7. The second kappa shape index (κ2) is 6.61. The fraction of sp³-hybridized carbons (Fsp3) is 0.278. The van der Waals surface area contributed by atoms with Crippen molar-refractivity contribution in [2.24, 2.45) is 5.92 Å². The highest BCUT2D eigenvalue weighted by Crippen LogP contribution is 2.29. The smallest absolute Gasteiger partial charge is 0.223 e. The molecule has 0 spiro atoms. The first-order valence-electron chi connectivity index (χ1n) is 7.42. The van der Waals surface area contributed by atoms with E-state index in [4.69, 9.17) is 0 Å². The summed E-state index contributed by atoms with van der Waals surface area (Å²) in [4.78, 5) is 12.3. The second-order valence-corrected chi connectivity index (χ2v) is 6.57. The average molecular weight is 362 g/mol. The lowest BCUT2D eigenvalue weighted by Gasteiger charge is -2.10. The van der Waals surface area contributed by atoms with Gasteiger partial charge in [0.2, 0.25) is 5.91 Å². The highest BCUT2D eigenvalue weighted by Gasteiger charge is 2.27. The van der Waals surface area contributed by atoms with Crippen LogP contribution >= 0.6 is 15.9 Å². The summed E-state index contributed by atoms with van der Waals surface area (Å²) in [7, 11) is 0. The molecule has 0 fully saturated rings. The molecule has 1 aliphatic carbocycles. The van der Waals surface area contributed by atoms with Crippen LogP contribution in [0, 0.1) is 11.7 Å². The number of rotatable bonds is 4. The van der Waals surface area contributed by atoms with E-state index < -0.39 is 0 Å². The van der Waals surface area contributed by atoms with Gasteiger partial charge in [-0.3, -0.25) is 4.79 Å². The van der Waals surface area contributed by atoms with E-state index in [2.05, 4.69) is 33.4 Å². The van der Waals surface area contributed by atoms with Gasteiger partial charge in [0.15, 0.2) is 0 Å². The fourth-order valence-electron chi connectivity index (χ4n) is 2.94. The number of benzene rings is 2. The number of fused-ring (bicyclic) bond motifs is 1. The Labute approximate surface area is 137 Å². The SMILES string of the molecule is O=C(NCCc1ccccc1F)C1Cc2ccc(Br)cc2C1. The van der Waals surface area contributed by atoms with Crippen molar-refractivity contribution in [3.63, 3.8) is 0 Å². The van der Waals surface area contributed by atoms with E-state index >= 15 is 0 Å². The van der Waals surface area contributed by atoms with Gasteiger partial charge in [-0.15, -0.1) is 0 Å². The van der Waals surface area contributed by atoms with Crippen molar-refractivity contribution < 1.29 is 9.18 Å². The number of carbonyl (C=O) groups excluding carboxylic acids is 1. The minimum Gasteiger partial charge on any atom is -0.356 e. The van der Waals surface area contributed by atoms with Crippen molar-refractivity contribution >= 4 is 21.8 Å². The maximum atomic E-state index is 13.5. The standard InChI is InChI=1S/C18H17BrFNO/c19-16-6-5-13-9-15(10-14(13)11-16)18(22)21-8-7-12-3-1-2-4-17(12)20/h1-6,11,15H,7-10H2,(H,21,22). The van der Waals surface area contributed by atoms with E-state index in [1.54, 1.807) is 12.1 Å². The van der Waals surface area contributed by atoms with Crippen molar-refractivity contribution in [1.82, 2.24) is 5.32 Å². The van der Waals surface area contributed by atoms with E-state index in [0.29, 0.717) is 18.5 Å². The molecule has 0 bridgehead atoms. The Morgan fingerprint density at radius 3 is 2.77 bits per heavy atom. The predicted molar refractivity (Wildman–Crippen MR) is 88.2 cm³/mol. The van der Waals surface area contributed by atoms with Crippen LogP contribution in [0.2, 0.25) is 0 Å². The first kappa shape index (κ1) is 15.2. The number of hydrogen-bond donors (Lipinski definition) is 1. The molecule has 2 nitrogen and oxygen atoms in total. The number of nitrogens with one attached hydrogen (secondary N) is 1. The van der Waals surface area contributed by atoms with Gasteiger partial charge in [-0.25, -0.2) is 4.39 Å². The van der Waals surface area contributed by atoms with E-state index in [-0.39, 0.29) is 17.6 Å². The highest BCUT2D eigenvalue weighted by atomic mass is 79.9. The maximum Gasteiger partial charge on any atom is 0.223 e. The summed E-state index contributed by atoms with van der Waals surface area (Å²) in [6.07, 6.45) is 2.08. The Hall–Kier alpha value is -1.68. The van der Waals surface area contributed by atoms with Crippen LogP contribution in [0.4, 0.5) is 4.39 Å². The fourth-order valence-corrected chi connectivity index (χ4v) is 3.35. The maximum absolute atomic E-state index is 13.5. The van der Waals surface area contributed by atoms with Gasteiger partial charge in [0, 0.05) is 16.9 Å². The number of amides is 1. The normalized spacial score (nSPS) is 16.4. The van der Waals surface area contributed by atoms with Crippen molar-refractivity contribution in [2.75, 3.05) is 6.54 Å². The quantitative estimate of drug-likeness (QED) is 0.884. The van der Waals surface area contributed by atoms with Gasteiger partial charge in [0.1, 0.15) is 5.82 Å². The van der Waals surface area contributed by atoms with Crippen molar-refractivity contribution in [1.29, 1.82) is 0 Å². The molecule has 0 aliphatic heterocycles. The van der Waals surface area contributed by atoms with E-state index in [0.717, 1.165) is 17.3 Å². The Morgan fingerprint density at radius 1 is 1.18 bits per heavy atom. The third kappa shape index (κ3) is 3.38. The van der Waals surface area contributed by atoms with Gasteiger partial charge in [0.05, 0.1) is 0 Å². The van der Waals surface area contributed by atoms with Gasteiger partial charge in [-0.2, -0.15) is 0 Å². The van der Waals surface area contributed by atoms with Crippen molar-refractivity contribution in [2.45, 2.75) is 19.3 Å². The van der Waals surface area contributed by atoms with Crippen LogP contribution in [0.25, 0.3) is 0 Å². The second-order valence-electron chi connectivity index (χ2n) is 5.65. The third-order valence-corrected chi connectivity index (χ3v) is 4.62. The molecule has 1 atom stereocenters. The lowest BCUT2D eigenvalue weighted by atomic mass is 10.1. The molecule has 0 saturated carbocycles. The zero-order chi connectivity index (χ0) is 15.5. The lowest BCUT2D eigenvalue weighted by molar-refractivity contribution is -0.124. The molecular formula is C18H17BrFNO. The van der Waals surface area contributed by atoms with E-state index in [9.17, 15) is 9.18 Å². The molecule has 2 aromatic carbocycles. The molecule has 0 radical (unpaired) electrons. The van der Waals surface area contributed by atoms with Gasteiger partial charge in [-0.05, 0) is 54.2 Å². The summed E-state index contributed by atoms with van der Waals surface area (Å²) < 4.78 is 14.6. The highest BCUT2D eigenvalue weighted by molar-refractivity contribution is 9.10. The van der Waals surface area contributed by atoms with Crippen LogP contribution in [0.5, 0.6) is 0 Å². The Balaban J connectivity index is 1.53. The minimum atomic E-state index is -0.213. The molecule has 114 valence electrons. The molecular weight excluding hydrogens is 345 g/mol. The Morgan fingerprint density at radius 2 is 1.95 bits per heavy atom. The van der Waals surface area contributed by atoms with Crippen LogP contribution in [0.1, 0.15) is 16.7 Å². The number of halogens is 2. The van der Waals surface area contributed by atoms with Gasteiger partial charge in [-0.1, -0.05) is 40.2 Å². The van der Waals surface area contributed by atoms with Crippen LogP contribution in [-0.2, 0) is 24.1 Å². The largest absolute Gasteiger partial charge is 0.356 e. The Kier molecular flexibility index (Phi) is 4.57. The van der Waals surface area contributed by atoms with Gasteiger partial charge >= 0.3 is 0 Å². The molecule has 22 heavy (non-hydrogen) atoms. The third-order valence-electron chi connectivity index (χ3n) is 4.12. The summed E-state index contributed by atoms with van der Waals surface area (Å²) in [6, 6.07) is 12.9. The van der Waals surface area contributed by atoms with Crippen LogP contribution in [0.15, 0.2) is 46.9 Å². The summed E-state index contributed by atoms with van der Waals surface area (Å²) in [5, 5.41) is 2.93. The van der Waals surface area contributed by atoms with Crippen LogP contribution < -0.4 is 5.32 Å². The molecule has 4 heteroatoms. The van der Waals surface area contributed by atoms with Crippen LogP contribution in [0.3, 0.4) is 0 Å². The molecule has 2 aromatic rings. The van der Waals surface area contributed by atoms with E-state index in [1.807, 2.05) is 12.1 Å². The molecule has 1 amide bonds. The summed E-state index contributed by atoms with van der Waals surface area (Å²) in [6.45, 7) is 0.469. The molecule has 3 rings (SSSR count). The lowest BCUT2D eigenvalue weighted by Crippen LogP contribution is -2.32. The number of carbonyl (C=O) groups is 1. The molecule has 0 saturated heterocycles. The van der Waals surface area contributed by atoms with Crippen molar-refractivity contribution in [3.05, 3.63) is 69.4 Å². The van der Waals surface area contributed by atoms with Crippen LogP contribution in [-0.4, -0.2) is 12.5 Å².